The molecule has 5 rings (SSSR count). The summed E-state index contributed by atoms with van der Waals surface area (Å²) in [4.78, 5) is 33.1. The third kappa shape index (κ3) is 5.42. The van der Waals surface area contributed by atoms with E-state index in [-0.39, 0.29) is 5.91 Å². The van der Waals surface area contributed by atoms with Crippen LogP contribution in [0, 0.1) is 0 Å². The van der Waals surface area contributed by atoms with E-state index in [1.807, 2.05) is 42.5 Å². The van der Waals surface area contributed by atoms with Crippen LogP contribution in [0.3, 0.4) is 0 Å². The Labute approximate surface area is 214 Å². The van der Waals surface area contributed by atoms with Crippen molar-refractivity contribution in [3.8, 4) is 17.1 Å². The van der Waals surface area contributed by atoms with Gasteiger partial charge < -0.3 is 19.9 Å². The lowest BCUT2D eigenvalue weighted by Gasteiger charge is -2.36. The lowest BCUT2D eigenvalue weighted by atomic mass is 10.1. The monoisotopic (exact) mass is 505 g/mol. The number of anilines is 1. The number of imidazole rings is 1. The van der Waals surface area contributed by atoms with Gasteiger partial charge in [0.1, 0.15) is 23.4 Å². The molecule has 0 radical (unpaired) electrons. The van der Waals surface area contributed by atoms with Gasteiger partial charge in [0.05, 0.1) is 19.0 Å². The van der Waals surface area contributed by atoms with Gasteiger partial charge in [0, 0.05) is 48.9 Å². The molecular weight excluding hydrogens is 478 g/mol. The minimum Gasteiger partial charge on any atom is -0.495 e. The van der Waals surface area contributed by atoms with E-state index in [2.05, 4.69) is 35.1 Å². The second kappa shape index (κ2) is 10.9. The van der Waals surface area contributed by atoms with Crippen molar-refractivity contribution in [3.05, 3.63) is 65.6 Å². The highest BCUT2D eigenvalue weighted by molar-refractivity contribution is 6.30. The molecule has 0 bridgehead atoms. The summed E-state index contributed by atoms with van der Waals surface area (Å²) in [5.74, 6) is 1.47. The summed E-state index contributed by atoms with van der Waals surface area (Å²) in [7, 11) is 1.68. The normalized spacial score (nSPS) is 14.2. The number of aromatic amines is 1. The van der Waals surface area contributed by atoms with Gasteiger partial charge in [0.15, 0.2) is 5.65 Å². The molecule has 0 unspecified atom stereocenters. The van der Waals surface area contributed by atoms with E-state index in [0.717, 1.165) is 61.7 Å². The van der Waals surface area contributed by atoms with Crippen LogP contribution in [0.1, 0.15) is 16.8 Å². The summed E-state index contributed by atoms with van der Waals surface area (Å²) >= 11 is 6.19. The molecule has 2 N–H and O–H groups in total. The summed E-state index contributed by atoms with van der Waals surface area (Å²) in [5, 5.41) is 3.74. The first-order valence-electron chi connectivity index (χ1n) is 12.0. The smallest absolute Gasteiger partial charge is 0.251 e. The zero-order valence-corrected chi connectivity index (χ0v) is 20.8. The molecule has 1 aliphatic rings. The number of amides is 1. The Morgan fingerprint density at radius 2 is 1.94 bits per heavy atom. The number of halogens is 1. The van der Waals surface area contributed by atoms with Gasteiger partial charge in [0.25, 0.3) is 5.91 Å². The number of H-pyrrole nitrogens is 1. The van der Waals surface area contributed by atoms with Crippen molar-refractivity contribution in [2.24, 2.45) is 0 Å². The molecule has 2 aromatic heterocycles. The predicted octanol–water partition coefficient (Wildman–Crippen LogP) is 3.62. The molecule has 0 saturated carbocycles. The van der Waals surface area contributed by atoms with Gasteiger partial charge in [0.2, 0.25) is 0 Å². The second-order valence-electron chi connectivity index (χ2n) is 8.68. The average molecular weight is 506 g/mol. The highest BCUT2D eigenvalue weighted by Crippen LogP contribution is 2.31. The number of aromatic nitrogens is 4. The number of ether oxygens (including phenoxy) is 1. The van der Waals surface area contributed by atoms with Crippen molar-refractivity contribution in [1.29, 1.82) is 0 Å². The molecule has 1 aliphatic heterocycles. The summed E-state index contributed by atoms with van der Waals surface area (Å²) in [5.41, 5.74) is 3.95. The van der Waals surface area contributed by atoms with Gasteiger partial charge >= 0.3 is 0 Å². The summed E-state index contributed by atoms with van der Waals surface area (Å²) in [6.45, 7) is 5.30. The van der Waals surface area contributed by atoms with Crippen LogP contribution in [0.5, 0.6) is 5.75 Å². The van der Waals surface area contributed by atoms with Crippen molar-refractivity contribution in [1.82, 2.24) is 30.2 Å². The van der Waals surface area contributed by atoms with E-state index in [1.165, 1.54) is 6.33 Å². The van der Waals surface area contributed by atoms with Crippen LogP contribution in [0.4, 0.5) is 5.69 Å². The van der Waals surface area contributed by atoms with E-state index >= 15 is 0 Å². The maximum Gasteiger partial charge on any atom is 0.251 e. The topological polar surface area (TPSA) is 99.3 Å². The number of nitrogens with one attached hydrogen (secondary N) is 2. The molecular formula is C26H28ClN7O2. The molecule has 1 amide bonds. The predicted molar refractivity (Wildman–Crippen MR) is 141 cm³/mol. The summed E-state index contributed by atoms with van der Waals surface area (Å²) in [6, 6.07) is 13.1. The fourth-order valence-corrected chi connectivity index (χ4v) is 4.57. The number of piperazine rings is 1. The lowest BCUT2D eigenvalue weighted by molar-refractivity contribution is 0.0951. The van der Waals surface area contributed by atoms with Crippen molar-refractivity contribution >= 4 is 34.4 Å². The van der Waals surface area contributed by atoms with E-state index in [1.54, 1.807) is 13.3 Å². The number of methoxy groups -OCH3 is 1. The number of carbonyl (C=O) groups is 1. The number of benzene rings is 2. The maximum atomic E-state index is 12.6. The number of rotatable bonds is 8. The number of hydrogen-bond acceptors (Lipinski definition) is 7. The van der Waals surface area contributed by atoms with Crippen molar-refractivity contribution in [2.75, 3.05) is 51.3 Å². The Morgan fingerprint density at radius 1 is 1.14 bits per heavy atom. The van der Waals surface area contributed by atoms with Gasteiger partial charge in [-0.05, 0) is 43.3 Å². The fraction of sp³-hybridized carbons (Fsp3) is 0.308. The molecule has 1 saturated heterocycles. The zero-order chi connectivity index (χ0) is 24.9. The van der Waals surface area contributed by atoms with Crippen LogP contribution in [-0.4, -0.2) is 77.1 Å². The number of nitrogens with zero attached hydrogens (tertiary/aromatic N) is 5. The molecule has 0 spiro atoms. The minimum atomic E-state index is -0.0742. The Kier molecular flexibility index (Phi) is 7.29. The van der Waals surface area contributed by atoms with Crippen LogP contribution in [0.25, 0.3) is 22.6 Å². The number of carbonyl (C=O) groups excluding carboxylic acids is 1. The third-order valence-electron chi connectivity index (χ3n) is 6.37. The van der Waals surface area contributed by atoms with Crippen molar-refractivity contribution < 1.29 is 9.53 Å². The molecule has 3 heterocycles. The van der Waals surface area contributed by atoms with Crippen LogP contribution >= 0.6 is 11.6 Å². The zero-order valence-electron chi connectivity index (χ0n) is 20.1. The summed E-state index contributed by atoms with van der Waals surface area (Å²) < 4.78 is 5.50. The van der Waals surface area contributed by atoms with Crippen LogP contribution in [-0.2, 0) is 0 Å². The Bertz CT molecular complexity index is 1300. The number of hydrogen-bond donors (Lipinski definition) is 2. The maximum absolute atomic E-state index is 12.6. The second-order valence-corrected chi connectivity index (χ2v) is 9.11. The highest BCUT2D eigenvalue weighted by Gasteiger charge is 2.20. The Balaban J connectivity index is 1.06. The van der Waals surface area contributed by atoms with Gasteiger partial charge in [-0.25, -0.2) is 15.0 Å². The Hall–Kier alpha value is -3.69. The average Bonchev–Trinajstić information content (AvgIpc) is 3.36. The molecule has 0 aliphatic carbocycles. The quantitative estimate of drug-likeness (QED) is 0.353. The first kappa shape index (κ1) is 24.0. The van der Waals surface area contributed by atoms with E-state index in [4.69, 9.17) is 16.3 Å². The highest BCUT2D eigenvalue weighted by atomic mass is 35.5. The SMILES string of the molecule is COc1ccc(Cl)cc1N1CCN(CCCNC(=O)c2ccc(-c3nc4ncncc4[nH]3)cc2)CC1. The number of fused-ring (bicyclic) bond motifs is 1. The molecule has 4 aromatic rings. The fourth-order valence-electron chi connectivity index (χ4n) is 4.41. The van der Waals surface area contributed by atoms with E-state index in [0.29, 0.717) is 28.6 Å². The minimum absolute atomic E-state index is 0.0742. The van der Waals surface area contributed by atoms with E-state index in [9.17, 15) is 4.79 Å². The van der Waals surface area contributed by atoms with Crippen molar-refractivity contribution in [3.63, 3.8) is 0 Å². The summed E-state index contributed by atoms with van der Waals surface area (Å²) in [6.07, 6.45) is 4.06. The molecule has 10 heteroatoms. The molecule has 9 nitrogen and oxygen atoms in total. The van der Waals surface area contributed by atoms with Gasteiger partial charge in [-0.3, -0.25) is 9.69 Å². The Morgan fingerprint density at radius 3 is 2.69 bits per heavy atom. The largest absolute Gasteiger partial charge is 0.495 e. The van der Waals surface area contributed by atoms with Crippen LogP contribution < -0.4 is 15.0 Å². The first-order valence-corrected chi connectivity index (χ1v) is 12.3. The first-order chi connectivity index (χ1) is 17.6. The lowest BCUT2D eigenvalue weighted by Crippen LogP contribution is -2.47. The van der Waals surface area contributed by atoms with Crippen LogP contribution in [0.2, 0.25) is 5.02 Å². The molecule has 0 atom stereocenters. The van der Waals surface area contributed by atoms with Gasteiger partial charge in [-0.15, -0.1) is 0 Å². The molecule has 36 heavy (non-hydrogen) atoms. The molecule has 1 fully saturated rings. The standard InChI is InChI=1S/C26H28ClN7O2/c1-36-23-8-7-20(27)15-22(23)34-13-11-33(12-14-34)10-2-9-29-26(35)19-5-3-18(4-6-19)24-31-21-16-28-17-30-25(21)32-24/h3-8,15-17H,2,9-14H2,1H3,(H,29,35)(H,28,30,31,32). The van der Waals surface area contributed by atoms with E-state index < -0.39 is 0 Å². The van der Waals surface area contributed by atoms with Gasteiger partial charge in [-0.2, -0.15) is 0 Å². The third-order valence-corrected chi connectivity index (χ3v) is 6.61. The van der Waals surface area contributed by atoms with Crippen molar-refractivity contribution in [2.45, 2.75) is 6.42 Å². The molecule has 186 valence electrons. The van der Waals surface area contributed by atoms with Crippen LogP contribution in [0.15, 0.2) is 55.0 Å². The van der Waals surface area contributed by atoms with Gasteiger partial charge in [-0.1, -0.05) is 23.7 Å². The molecule has 2 aromatic carbocycles.